The lowest BCUT2D eigenvalue weighted by Crippen LogP contribution is -2.45. The van der Waals surface area contributed by atoms with Gasteiger partial charge in [0.15, 0.2) is 9.84 Å². The van der Waals surface area contributed by atoms with Gasteiger partial charge in [0.2, 0.25) is 5.91 Å². The minimum atomic E-state index is -3.09. The summed E-state index contributed by atoms with van der Waals surface area (Å²) in [4.78, 5) is 11.3. The Labute approximate surface area is 83.5 Å². The molecule has 2 atom stereocenters. The van der Waals surface area contributed by atoms with Crippen molar-refractivity contribution in [2.75, 3.05) is 12.8 Å². The predicted molar refractivity (Wildman–Crippen MR) is 53.4 cm³/mol. The molecule has 0 bridgehead atoms. The van der Waals surface area contributed by atoms with Gasteiger partial charge in [-0.2, -0.15) is 0 Å². The van der Waals surface area contributed by atoms with E-state index < -0.39 is 9.84 Å². The van der Waals surface area contributed by atoms with Gasteiger partial charge in [-0.25, -0.2) is 8.42 Å². The van der Waals surface area contributed by atoms with E-state index in [1.807, 2.05) is 0 Å². The lowest BCUT2D eigenvalue weighted by atomic mass is 10.2. The molecule has 1 aliphatic rings. The van der Waals surface area contributed by atoms with Crippen molar-refractivity contribution in [2.24, 2.45) is 0 Å². The Morgan fingerprint density at radius 2 is 2.21 bits per heavy atom. The van der Waals surface area contributed by atoms with Gasteiger partial charge in [-0.05, 0) is 20.0 Å². The van der Waals surface area contributed by atoms with Crippen LogP contribution in [0.4, 0.5) is 0 Å². The van der Waals surface area contributed by atoms with Crippen LogP contribution >= 0.6 is 0 Å². The SMILES string of the molecule is CNC(C)C(=O)NC1C=CS(=O)(=O)C1. The third kappa shape index (κ3) is 2.81. The largest absolute Gasteiger partial charge is 0.347 e. The molecule has 0 radical (unpaired) electrons. The van der Waals surface area contributed by atoms with Crippen molar-refractivity contribution in [2.45, 2.75) is 19.0 Å². The minimum absolute atomic E-state index is 0.0326. The van der Waals surface area contributed by atoms with Crippen molar-refractivity contribution in [3.05, 3.63) is 11.5 Å². The van der Waals surface area contributed by atoms with E-state index in [9.17, 15) is 13.2 Å². The number of hydrogen-bond donors (Lipinski definition) is 2. The second-order valence-electron chi connectivity index (χ2n) is 3.28. The molecule has 6 heteroatoms. The molecular weight excluding hydrogens is 204 g/mol. The highest BCUT2D eigenvalue weighted by Crippen LogP contribution is 2.07. The van der Waals surface area contributed by atoms with E-state index in [0.717, 1.165) is 5.41 Å². The molecule has 0 saturated carbocycles. The van der Waals surface area contributed by atoms with Gasteiger partial charge in [0.1, 0.15) is 0 Å². The Bertz CT molecular complexity index is 348. The normalized spacial score (nSPS) is 26.0. The summed E-state index contributed by atoms with van der Waals surface area (Å²) < 4.78 is 22.0. The van der Waals surface area contributed by atoms with Crippen molar-refractivity contribution in [3.63, 3.8) is 0 Å². The van der Waals surface area contributed by atoms with Gasteiger partial charge in [0.25, 0.3) is 0 Å². The number of carbonyl (C=O) groups is 1. The third-order valence-corrected chi connectivity index (χ3v) is 3.48. The zero-order valence-electron chi connectivity index (χ0n) is 8.15. The predicted octanol–water partition coefficient (Wildman–Crippen LogP) is -0.979. The summed E-state index contributed by atoms with van der Waals surface area (Å²) in [6, 6.07) is -0.699. The van der Waals surface area contributed by atoms with Gasteiger partial charge >= 0.3 is 0 Å². The third-order valence-electron chi connectivity index (χ3n) is 2.08. The van der Waals surface area contributed by atoms with Crippen LogP contribution in [0.15, 0.2) is 11.5 Å². The van der Waals surface area contributed by atoms with Crippen LogP contribution in [0.3, 0.4) is 0 Å². The van der Waals surface area contributed by atoms with Crippen LogP contribution < -0.4 is 10.6 Å². The van der Waals surface area contributed by atoms with Gasteiger partial charge < -0.3 is 10.6 Å². The molecule has 80 valence electrons. The first-order valence-electron chi connectivity index (χ1n) is 4.33. The quantitative estimate of drug-likeness (QED) is 0.638. The maximum atomic E-state index is 11.3. The number of sulfone groups is 1. The van der Waals surface area contributed by atoms with E-state index in [0.29, 0.717) is 0 Å². The lowest BCUT2D eigenvalue weighted by molar-refractivity contribution is -0.122. The van der Waals surface area contributed by atoms with Crippen LogP contribution in [0, 0.1) is 0 Å². The number of carbonyl (C=O) groups excluding carboxylic acids is 1. The fraction of sp³-hybridized carbons (Fsp3) is 0.625. The first-order valence-corrected chi connectivity index (χ1v) is 6.05. The Hall–Kier alpha value is -0.880. The van der Waals surface area contributed by atoms with E-state index in [1.165, 1.54) is 6.08 Å². The maximum absolute atomic E-state index is 11.3. The molecule has 0 aromatic carbocycles. The molecule has 1 aliphatic heterocycles. The van der Waals surface area contributed by atoms with Gasteiger partial charge in [-0.1, -0.05) is 0 Å². The highest BCUT2D eigenvalue weighted by Gasteiger charge is 2.24. The van der Waals surface area contributed by atoms with Crippen molar-refractivity contribution in [3.8, 4) is 0 Å². The maximum Gasteiger partial charge on any atom is 0.237 e. The van der Waals surface area contributed by atoms with Crippen LogP contribution in [0.1, 0.15) is 6.92 Å². The number of amides is 1. The standard InChI is InChI=1S/C8H14N2O3S/c1-6(9-2)8(11)10-7-3-4-14(12,13)5-7/h3-4,6-7,9H,5H2,1-2H3,(H,10,11). The first-order chi connectivity index (χ1) is 6.44. The topological polar surface area (TPSA) is 75.3 Å². The average molecular weight is 218 g/mol. The monoisotopic (exact) mass is 218 g/mol. The van der Waals surface area contributed by atoms with Crippen LogP contribution in [-0.2, 0) is 14.6 Å². The number of nitrogens with one attached hydrogen (secondary N) is 2. The van der Waals surface area contributed by atoms with Gasteiger partial charge in [0, 0.05) is 5.41 Å². The number of hydrogen-bond acceptors (Lipinski definition) is 4. The molecule has 1 amide bonds. The molecule has 0 fully saturated rings. The molecule has 0 aliphatic carbocycles. The van der Waals surface area contributed by atoms with E-state index in [2.05, 4.69) is 10.6 Å². The van der Waals surface area contributed by atoms with Crippen LogP contribution in [0.2, 0.25) is 0 Å². The zero-order chi connectivity index (χ0) is 10.8. The zero-order valence-corrected chi connectivity index (χ0v) is 8.97. The molecule has 0 aromatic rings. The molecule has 2 unspecified atom stereocenters. The fourth-order valence-corrected chi connectivity index (χ4v) is 2.34. The summed E-state index contributed by atoms with van der Waals surface area (Å²) in [5, 5.41) is 6.53. The molecule has 14 heavy (non-hydrogen) atoms. The van der Waals surface area contributed by atoms with E-state index in [4.69, 9.17) is 0 Å². The Kier molecular flexibility index (Phi) is 3.28. The second kappa shape index (κ2) is 4.10. The summed E-state index contributed by atoms with van der Waals surface area (Å²) in [6.07, 6.45) is 1.50. The second-order valence-corrected chi connectivity index (χ2v) is 5.21. The molecule has 0 aromatic heterocycles. The molecule has 1 rings (SSSR count). The smallest absolute Gasteiger partial charge is 0.237 e. The van der Waals surface area contributed by atoms with Crippen molar-refractivity contribution < 1.29 is 13.2 Å². The summed E-state index contributed by atoms with van der Waals surface area (Å²) in [6.45, 7) is 1.71. The Morgan fingerprint density at radius 1 is 1.57 bits per heavy atom. The molecule has 0 spiro atoms. The number of rotatable bonds is 3. The van der Waals surface area contributed by atoms with E-state index in [1.54, 1.807) is 14.0 Å². The summed E-state index contributed by atoms with van der Waals surface area (Å²) >= 11 is 0. The fourth-order valence-electron chi connectivity index (χ4n) is 1.10. The Morgan fingerprint density at radius 3 is 2.64 bits per heavy atom. The molecule has 5 nitrogen and oxygen atoms in total. The van der Waals surface area contributed by atoms with Crippen LogP contribution in [-0.4, -0.2) is 39.2 Å². The van der Waals surface area contributed by atoms with Gasteiger partial charge in [0.05, 0.1) is 17.8 Å². The summed E-state index contributed by atoms with van der Waals surface area (Å²) in [7, 11) is -1.42. The molecule has 2 N–H and O–H groups in total. The summed E-state index contributed by atoms with van der Waals surface area (Å²) in [5.41, 5.74) is 0. The van der Waals surface area contributed by atoms with E-state index >= 15 is 0 Å². The number of likely N-dealkylation sites (N-methyl/N-ethyl adjacent to an activating group) is 1. The lowest BCUT2D eigenvalue weighted by Gasteiger charge is -2.14. The van der Waals surface area contributed by atoms with Crippen LogP contribution in [0.25, 0.3) is 0 Å². The average Bonchev–Trinajstić information content (AvgIpc) is 2.44. The molecule has 0 saturated heterocycles. The summed E-state index contributed by atoms with van der Waals surface area (Å²) in [5.74, 6) is -0.228. The van der Waals surface area contributed by atoms with Crippen molar-refractivity contribution in [1.82, 2.24) is 10.6 Å². The van der Waals surface area contributed by atoms with Gasteiger partial charge in [-0.15, -0.1) is 0 Å². The van der Waals surface area contributed by atoms with Crippen LogP contribution in [0.5, 0.6) is 0 Å². The molecular formula is C8H14N2O3S. The van der Waals surface area contributed by atoms with Crippen molar-refractivity contribution >= 4 is 15.7 Å². The highest BCUT2D eigenvalue weighted by atomic mass is 32.2. The highest BCUT2D eigenvalue weighted by molar-refractivity contribution is 7.94. The Balaban J connectivity index is 2.49. The minimum Gasteiger partial charge on any atom is -0.347 e. The van der Waals surface area contributed by atoms with Gasteiger partial charge in [-0.3, -0.25) is 4.79 Å². The molecule has 1 heterocycles. The first kappa shape index (κ1) is 11.2. The van der Waals surface area contributed by atoms with E-state index in [-0.39, 0.29) is 23.7 Å². The van der Waals surface area contributed by atoms with Crippen molar-refractivity contribution in [1.29, 1.82) is 0 Å².